The number of amides is 1. The van der Waals surface area contributed by atoms with Gasteiger partial charge in [-0.25, -0.2) is 4.99 Å². The summed E-state index contributed by atoms with van der Waals surface area (Å²) in [4.78, 5) is 17.5. The minimum atomic E-state index is -1.11. The number of ether oxygens (including phenoxy) is 2. The highest BCUT2D eigenvalue weighted by atomic mass is 16.5. The van der Waals surface area contributed by atoms with Gasteiger partial charge in [-0.05, 0) is 32.4 Å². The van der Waals surface area contributed by atoms with Crippen LogP contribution in [0.2, 0.25) is 0 Å². The van der Waals surface area contributed by atoms with Crippen molar-refractivity contribution in [1.82, 2.24) is 5.32 Å². The van der Waals surface area contributed by atoms with E-state index in [1.165, 1.54) is 0 Å². The van der Waals surface area contributed by atoms with Crippen LogP contribution in [-0.4, -0.2) is 35.8 Å². The van der Waals surface area contributed by atoms with Gasteiger partial charge in [-0.1, -0.05) is 54.6 Å². The molecule has 4 N–H and O–H groups in total. The number of fused-ring (bicyclic) bond motifs is 1. The van der Waals surface area contributed by atoms with Crippen molar-refractivity contribution in [3.63, 3.8) is 0 Å². The van der Waals surface area contributed by atoms with Crippen LogP contribution < -0.4 is 10.6 Å². The third-order valence-electron chi connectivity index (χ3n) is 5.19. The van der Waals surface area contributed by atoms with Crippen LogP contribution in [0, 0.1) is 10.8 Å². The summed E-state index contributed by atoms with van der Waals surface area (Å²) in [6.45, 7) is 3.89. The van der Waals surface area contributed by atoms with E-state index in [1.54, 1.807) is 6.08 Å². The van der Waals surface area contributed by atoms with E-state index >= 15 is 0 Å². The second-order valence-corrected chi connectivity index (χ2v) is 8.16. The van der Waals surface area contributed by atoms with Crippen molar-refractivity contribution < 1.29 is 14.3 Å². The Hall–Kier alpha value is -4.20. The maximum absolute atomic E-state index is 12.9. The molecule has 0 aromatic heterocycles. The molecule has 0 spiro atoms. The summed E-state index contributed by atoms with van der Waals surface area (Å²) in [7, 11) is 0. The molecule has 1 unspecified atom stereocenters. The number of amidine groups is 1. The highest BCUT2D eigenvalue weighted by Crippen LogP contribution is 2.24. The Morgan fingerprint density at radius 1 is 1.12 bits per heavy atom. The normalized spacial score (nSPS) is 17.3. The zero-order valence-corrected chi connectivity index (χ0v) is 19.1. The predicted octanol–water partition coefficient (Wildman–Crippen LogP) is 4.35. The molecule has 0 fully saturated rings. The third kappa shape index (κ3) is 5.40. The highest BCUT2D eigenvalue weighted by Gasteiger charge is 2.27. The number of hydrogen-bond acceptors (Lipinski definition) is 6. The summed E-state index contributed by atoms with van der Waals surface area (Å²) in [6, 6.07) is 16.5. The Bertz CT molecular complexity index is 1200. The Morgan fingerprint density at radius 2 is 1.85 bits per heavy atom. The van der Waals surface area contributed by atoms with Crippen LogP contribution >= 0.6 is 0 Å². The maximum atomic E-state index is 12.9. The van der Waals surface area contributed by atoms with Gasteiger partial charge in [0, 0.05) is 23.1 Å². The average molecular weight is 458 g/mol. The fraction of sp³-hybridized carbons (Fsp3) is 0.231. The van der Waals surface area contributed by atoms with Crippen LogP contribution in [0.15, 0.2) is 83.1 Å². The molecular formula is C26H27N5O3. The number of rotatable bonds is 5. The molecule has 34 heavy (non-hydrogen) atoms. The smallest absolute Gasteiger partial charge is 0.290 e. The van der Waals surface area contributed by atoms with Gasteiger partial charge in [-0.2, -0.15) is 0 Å². The van der Waals surface area contributed by atoms with E-state index in [4.69, 9.17) is 20.3 Å². The monoisotopic (exact) mass is 457 g/mol. The van der Waals surface area contributed by atoms with E-state index in [9.17, 15) is 4.79 Å². The molecule has 0 bridgehead atoms. The van der Waals surface area contributed by atoms with Crippen LogP contribution in [0.25, 0.3) is 0 Å². The van der Waals surface area contributed by atoms with Crippen molar-refractivity contribution >= 4 is 29.2 Å². The van der Waals surface area contributed by atoms with Crippen molar-refractivity contribution in [2.45, 2.75) is 39.0 Å². The van der Waals surface area contributed by atoms with Crippen molar-refractivity contribution in [3.8, 4) is 0 Å². The van der Waals surface area contributed by atoms with E-state index in [2.05, 4.69) is 15.6 Å². The van der Waals surface area contributed by atoms with Crippen molar-refractivity contribution in [2.24, 2.45) is 4.99 Å². The Labute approximate surface area is 198 Å². The molecule has 2 aromatic rings. The zero-order chi connectivity index (χ0) is 24.1. The fourth-order valence-electron chi connectivity index (χ4n) is 3.72. The molecule has 0 radical (unpaired) electrons. The molecule has 2 aromatic carbocycles. The quantitative estimate of drug-likeness (QED) is 0.394. The Kier molecular flexibility index (Phi) is 6.87. The van der Waals surface area contributed by atoms with Gasteiger partial charge >= 0.3 is 0 Å². The first kappa shape index (κ1) is 23.0. The number of benzene rings is 2. The maximum Gasteiger partial charge on any atom is 0.290 e. The third-order valence-corrected chi connectivity index (χ3v) is 5.19. The van der Waals surface area contributed by atoms with Gasteiger partial charge in [-0.15, -0.1) is 0 Å². The van der Waals surface area contributed by atoms with Crippen LogP contribution in [0.1, 0.15) is 37.8 Å². The molecule has 1 aliphatic carbocycles. The SMILES string of the molecule is CC(C)OC1=CC(C(=N)OC(=N)NC2N=C(c3ccccc3)c3ccccc3NC2=O)=CCC1. The molecule has 1 atom stereocenters. The second-order valence-electron chi connectivity index (χ2n) is 8.16. The number of nitrogens with zero attached hydrogens (tertiary/aromatic N) is 1. The molecule has 1 heterocycles. The molecule has 0 saturated heterocycles. The molecule has 174 valence electrons. The summed E-state index contributed by atoms with van der Waals surface area (Å²) in [5.41, 5.74) is 3.40. The minimum absolute atomic E-state index is 0.0372. The number of carbonyl (C=O) groups is 1. The Morgan fingerprint density at radius 3 is 2.62 bits per heavy atom. The van der Waals surface area contributed by atoms with Crippen LogP contribution in [-0.2, 0) is 14.3 Å². The molecule has 8 heteroatoms. The van der Waals surface area contributed by atoms with E-state index < -0.39 is 18.1 Å². The largest absolute Gasteiger partial charge is 0.495 e. The van der Waals surface area contributed by atoms with Crippen molar-refractivity contribution in [1.29, 1.82) is 10.8 Å². The van der Waals surface area contributed by atoms with E-state index in [1.807, 2.05) is 74.5 Å². The molecular weight excluding hydrogens is 430 g/mol. The molecule has 8 nitrogen and oxygen atoms in total. The van der Waals surface area contributed by atoms with Gasteiger partial charge in [-0.3, -0.25) is 15.6 Å². The second kappa shape index (κ2) is 10.2. The Balaban J connectivity index is 1.52. The summed E-state index contributed by atoms with van der Waals surface area (Å²) in [5, 5.41) is 22.1. The van der Waals surface area contributed by atoms with E-state index in [0.29, 0.717) is 23.4 Å². The molecule has 0 saturated carbocycles. The first-order valence-corrected chi connectivity index (χ1v) is 11.1. The van der Waals surface area contributed by atoms with Gasteiger partial charge in [0.2, 0.25) is 12.1 Å². The van der Waals surface area contributed by atoms with Gasteiger partial charge in [0.25, 0.3) is 11.9 Å². The number of aliphatic imine (C=N–C) groups is 1. The van der Waals surface area contributed by atoms with Gasteiger partial charge in [0.1, 0.15) is 0 Å². The predicted molar refractivity (Wildman–Crippen MR) is 132 cm³/mol. The number of para-hydroxylation sites is 1. The lowest BCUT2D eigenvalue weighted by atomic mass is 10.0. The lowest BCUT2D eigenvalue weighted by molar-refractivity contribution is -0.117. The summed E-state index contributed by atoms with van der Waals surface area (Å²) >= 11 is 0. The van der Waals surface area contributed by atoms with E-state index in [-0.39, 0.29) is 12.0 Å². The number of carbonyl (C=O) groups excluding carboxylic acids is 1. The summed E-state index contributed by atoms with van der Waals surface area (Å²) in [5.74, 6) is 0.146. The number of benzodiazepines with no additional fused rings is 1. The summed E-state index contributed by atoms with van der Waals surface area (Å²) < 4.78 is 11.1. The fourth-order valence-corrected chi connectivity index (χ4v) is 3.72. The van der Waals surface area contributed by atoms with Crippen LogP contribution in [0.5, 0.6) is 0 Å². The van der Waals surface area contributed by atoms with Gasteiger partial charge in [0.05, 0.1) is 23.3 Å². The number of hydrogen-bond donors (Lipinski definition) is 4. The molecule has 1 amide bonds. The molecule has 1 aliphatic heterocycles. The average Bonchev–Trinajstić information content (AvgIpc) is 2.95. The lowest BCUT2D eigenvalue weighted by Gasteiger charge is -2.19. The van der Waals surface area contributed by atoms with Crippen molar-refractivity contribution in [3.05, 3.63) is 89.2 Å². The minimum Gasteiger partial charge on any atom is -0.495 e. The molecule has 2 aliphatic rings. The number of nitrogens with one attached hydrogen (secondary N) is 4. The van der Waals surface area contributed by atoms with Crippen LogP contribution in [0.4, 0.5) is 5.69 Å². The number of allylic oxidation sites excluding steroid dienone is 2. The first-order valence-electron chi connectivity index (χ1n) is 11.1. The standard InChI is InChI=1S/C26H27N5O3/c1-16(2)33-19-12-8-11-18(15-19)23(27)34-26(28)31-24-25(32)29-21-14-7-6-13-20(21)22(30-24)17-9-4-3-5-10-17/h3-7,9-11,13-16,24,27H,8,12H2,1-2H3,(H2,28,31)(H,29,32). The summed E-state index contributed by atoms with van der Waals surface area (Å²) in [6.07, 6.45) is 4.01. The van der Waals surface area contributed by atoms with E-state index in [0.717, 1.165) is 23.3 Å². The van der Waals surface area contributed by atoms with Crippen molar-refractivity contribution in [2.75, 3.05) is 5.32 Å². The first-order chi connectivity index (χ1) is 16.4. The number of anilines is 1. The highest BCUT2D eigenvalue weighted by molar-refractivity contribution is 6.19. The topological polar surface area (TPSA) is 120 Å². The van der Waals surface area contributed by atoms with Crippen LogP contribution in [0.3, 0.4) is 0 Å². The van der Waals surface area contributed by atoms with Gasteiger partial charge in [0.15, 0.2) is 0 Å². The zero-order valence-electron chi connectivity index (χ0n) is 19.1. The molecule has 4 rings (SSSR count). The van der Waals surface area contributed by atoms with Gasteiger partial charge < -0.3 is 20.1 Å². The lowest BCUT2D eigenvalue weighted by Crippen LogP contribution is -2.43.